The number of hydrogen-bond acceptors (Lipinski definition) is 5. The van der Waals surface area contributed by atoms with E-state index in [0.717, 1.165) is 23.2 Å². The smallest absolute Gasteiger partial charge is 0.262 e. The Hall–Kier alpha value is -1.37. The molecule has 0 aliphatic carbocycles. The van der Waals surface area contributed by atoms with Crippen molar-refractivity contribution in [1.82, 2.24) is 5.01 Å². The molecule has 2 amide bonds. The summed E-state index contributed by atoms with van der Waals surface area (Å²) < 4.78 is 0. The van der Waals surface area contributed by atoms with Gasteiger partial charge < -0.3 is 5.73 Å². The zero-order chi connectivity index (χ0) is 11.0. The first kappa shape index (κ1) is 10.2. The van der Waals surface area contributed by atoms with Crippen LogP contribution < -0.4 is 5.73 Å². The molecule has 0 saturated heterocycles. The van der Waals surface area contributed by atoms with Gasteiger partial charge in [-0.3, -0.25) is 9.59 Å². The predicted molar refractivity (Wildman–Crippen MR) is 56.9 cm³/mol. The molecule has 2 aliphatic heterocycles. The normalized spacial score (nSPS) is 25.1. The summed E-state index contributed by atoms with van der Waals surface area (Å²) in [6.07, 6.45) is 1.26. The topological polar surface area (TPSA) is 88.1 Å². The number of hydrazone groups is 1. The van der Waals surface area contributed by atoms with Crippen molar-refractivity contribution in [2.75, 3.05) is 0 Å². The summed E-state index contributed by atoms with van der Waals surface area (Å²) in [6, 6.07) is 0. The van der Waals surface area contributed by atoms with E-state index in [4.69, 9.17) is 5.73 Å². The van der Waals surface area contributed by atoms with E-state index < -0.39 is 5.92 Å². The van der Waals surface area contributed by atoms with E-state index in [0.29, 0.717) is 6.42 Å². The van der Waals surface area contributed by atoms with Gasteiger partial charge in [-0.15, -0.1) is 5.10 Å². The fraction of sp³-hybridized carbons (Fsp3) is 0.500. The molecule has 7 heteroatoms. The molecule has 2 N–H and O–H groups in total. The summed E-state index contributed by atoms with van der Waals surface area (Å²) >= 11 is 1.04. The molecular weight excluding hydrogens is 216 g/mol. The molecule has 1 unspecified atom stereocenters. The second kappa shape index (κ2) is 3.65. The number of fused-ring (bicyclic) bond motifs is 1. The highest BCUT2D eigenvalue weighted by molar-refractivity contribution is 8.26. The minimum absolute atomic E-state index is 0.243. The SMILES string of the molecule is CCCC1C(=O)N=C2SC(N)=NN2C1=O. The first-order valence-electron chi connectivity index (χ1n) is 4.62. The first-order valence-corrected chi connectivity index (χ1v) is 5.43. The van der Waals surface area contributed by atoms with Crippen molar-refractivity contribution in [2.45, 2.75) is 19.8 Å². The Labute approximate surface area is 90.6 Å². The lowest BCUT2D eigenvalue weighted by molar-refractivity contribution is -0.139. The summed E-state index contributed by atoms with van der Waals surface area (Å²) in [5.41, 5.74) is 5.45. The highest BCUT2D eigenvalue weighted by atomic mass is 32.2. The zero-order valence-electron chi connectivity index (χ0n) is 8.14. The molecule has 0 aromatic rings. The Morgan fingerprint density at radius 2 is 2.27 bits per heavy atom. The fourth-order valence-electron chi connectivity index (χ4n) is 1.47. The van der Waals surface area contributed by atoms with Crippen LogP contribution in [0.15, 0.2) is 10.1 Å². The summed E-state index contributed by atoms with van der Waals surface area (Å²) in [6.45, 7) is 1.91. The van der Waals surface area contributed by atoms with Crippen LogP contribution in [0.3, 0.4) is 0 Å². The molecule has 2 aliphatic rings. The number of carbonyl (C=O) groups is 2. The van der Waals surface area contributed by atoms with Gasteiger partial charge in [-0.2, -0.15) is 10.0 Å². The number of aliphatic imine (C=N–C) groups is 1. The number of carbonyl (C=O) groups excluding carboxylic acids is 2. The summed E-state index contributed by atoms with van der Waals surface area (Å²) in [4.78, 5) is 27.1. The van der Waals surface area contributed by atoms with E-state index in [1.807, 2.05) is 6.92 Å². The van der Waals surface area contributed by atoms with Crippen molar-refractivity contribution in [3.05, 3.63) is 0 Å². The molecule has 0 aromatic heterocycles. The molecule has 2 rings (SSSR count). The van der Waals surface area contributed by atoms with Crippen molar-refractivity contribution in [3.63, 3.8) is 0 Å². The lowest BCUT2D eigenvalue weighted by Gasteiger charge is -2.21. The lowest BCUT2D eigenvalue weighted by atomic mass is 10.0. The quantitative estimate of drug-likeness (QED) is 0.676. The van der Waals surface area contributed by atoms with Gasteiger partial charge in [0.05, 0.1) is 0 Å². The summed E-state index contributed by atoms with van der Waals surface area (Å²) in [7, 11) is 0. The molecule has 0 radical (unpaired) electrons. The molecule has 15 heavy (non-hydrogen) atoms. The number of hydrogen-bond donors (Lipinski definition) is 1. The van der Waals surface area contributed by atoms with Crippen LogP contribution in [0.2, 0.25) is 0 Å². The highest BCUT2D eigenvalue weighted by Crippen LogP contribution is 2.27. The van der Waals surface area contributed by atoms with Crippen LogP contribution in [-0.2, 0) is 9.59 Å². The van der Waals surface area contributed by atoms with Gasteiger partial charge >= 0.3 is 0 Å². The second-order valence-corrected chi connectivity index (χ2v) is 4.25. The average Bonchev–Trinajstić information content (AvgIpc) is 2.53. The molecule has 0 spiro atoms. The number of amides is 2. The third-order valence-corrected chi connectivity index (χ3v) is 2.90. The number of amidine groups is 2. The van der Waals surface area contributed by atoms with Crippen LogP contribution >= 0.6 is 11.8 Å². The molecule has 0 saturated carbocycles. The Kier molecular flexibility index (Phi) is 2.47. The van der Waals surface area contributed by atoms with Crippen molar-refractivity contribution < 1.29 is 9.59 Å². The van der Waals surface area contributed by atoms with Gasteiger partial charge in [0.25, 0.3) is 11.8 Å². The van der Waals surface area contributed by atoms with Gasteiger partial charge in [0.15, 0.2) is 5.17 Å². The molecule has 0 aromatic carbocycles. The maximum Gasteiger partial charge on any atom is 0.262 e. The van der Waals surface area contributed by atoms with E-state index in [1.54, 1.807) is 0 Å². The Balaban J connectivity index is 2.30. The van der Waals surface area contributed by atoms with Crippen LogP contribution in [0.5, 0.6) is 0 Å². The molecule has 80 valence electrons. The van der Waals surface area contributed by atoms with E-state index in [9.17, 15) is 9.59 Å². The first-order chi connectivity index (χ1) is 7.13. The second-order valence-electron chi connectivity index (χ2n) is 3.26. The van der Waals surface area contributed by atoms with Gasteiger partial charge in [0.2, 0.25) is 5.17 Å². The standard InChI is InChI=1S/C8H10N4O2S/c1-2-3-4-5(13)10-8-12(6(4)14)11-7(9)15-8/h4H,2-3H2,1H3,(H2,9,11). The van der Waals surface area contributed by atoms with Gasteiger partial charge in [0.1, 0.15) is 5.92 Å². The maximum absolute atomic E-state index is 11.8. The molecule has 1 atom stereocenters. The largest absolute Gasteiger partial charge is 0.376 e. The number of nitrogens with zero attached hydrogens (tertiary/aromatic N) is 3. The minimum atomic E-state index is -0.686. The Morgan fingerprint density at radius 1 is 1.53 bits per heavy atom. The zero-order valence-corrected chi connectivity index (χ0v) is 8.95. The van der Waals surface area contributed by atoms with E-state index in [1.165, 1.54) is 0 Å². The van der Waals surface area contributed by atoms with Crippen molar-refractivity contribution in [1.29, 1.82) is 0 Å². The van der Waals surface area contributed by atoms with E-state index >= 15 is 0 Å². The summed E-state index contributed by atoms with van der Waals surface area (Å²) in [5, 5.41) is 5.46. The molecule has 0 fully saturated rings. The number of nitrogens with two attached hydrogens (primary N) is 1. The van der Waals surface area contributed by atoms with Crippen LogP contribution in [0.25, 0.3) is 0 Å². The molecule has 6 nitrogen and oxygen atoms in total. The third kappa shape index (κ3) is 1.63. The fourth-order valence-corrected chi connectivity index (χ4v) is 2.14. The number of rotatable bonds is 2. The molecule has 0 bridgehead atoms. The van der Waals surface area contributed by atoms with Gasteiger partial charge in [-0.25, -0.2) is 0 Å². The Bertz CT molecular complexity index is 390. The van der Waals surface area contributed by atoms with Crippen LogP contribution in [0.4, 0.5) is 0 Å². The molecular formula is C8H10N4O2S. The van der Waals surface area contributed by atoms with Crippen LogP contribution in [-0.4, -0.2) is 27.2 Å². The summed E-state index contributed by atoms with van der Waals surface area (Å²) in [5.74, 6) is -1.39. The minimum Gasteiger partial charge on any atom is -0.376 e. The van der Waals surface area contributed by atoms with Crippen LogP contribution in [0, 0.1) is 5.92 Å². The highest BCUT2D eigenvalue weighted by Gasteiger charge is 2.40. The van der Waals surface area contributed by atoms with Gasteiger partial charge in [-0.05, 0) is 18.2 Å². The van der Waals surface area contributed by atoms with Crippen molar-refractivity contribution in [2.24, 2.45) is 21.7 Å². The van der Waals surface area contributed by atoms with Gasteiger partial charge in [0, 0.05) is 0 Å². The average molecular weight is 226 g/mol. The third-order valence-electron chi connectivity index (χ3n) is 2.16. The van der Waals surface area contributed by atoms with E-state index in [-0.39, 0.29) is 22.1 Å². The lowest BCUT2D eigenvalue weighted by Crippen LogP contribution is -2.41. The maximum atomic E-state index is 11.8. The van der Waals surface area contributed by atoms with Crippen molar-refractivity contribution >= 4 is 33.9 Å². The monoisotopic (exact) mass is 226 g/mol. The van der Waals surface area contributed by atoms with E-state index in [2.05, 4.69) is 10.1 Å². The number of thioether (sulfide) groups is 1. The van der Waals surface area contributed by atoms with Crippen LogP contribution in [0.1, 0.15) is 19.8 Å². The Morgan fingerprint density at radius 3 is 2.93 bits per heavy atom. The van der Waals surface area contributed by atoms with Crippen molar-refractivity contribution in [3.8, 4) is 0 Å². The van der Waals surface area contributed by atoms with Gasteiger partial charge in [-0.1, -0.05) is 13.3 Å². The predicted octanol–water partition coefficient (Wildman–Crippen LogP) is 0.104. The molecule has 2 heterocycles.